The zero-order chi connectivity index (χ0) is 14.0. The van der Waals surface area contributed by atoms with Crippen LogP contribution in [-0.4, -0.2) is 54.4 Å². The molecule has 0 bridgehead atoms. The lowest BCUT2D eigenvalue weighted by molar-refractivity contribution is 0.222. The number of hydrogen-bond donors (Lipinski definition) is 1. The van der Waals surface area contributed by atoms with Gasteiger partial charge < -0.3 is 9.84 Å². The van der Waals surface area contributed by atoms with Crippen LogP contribution in [0.3, 0.4) is 0 Å². The van der Waals surface area contributed by atoms with Crippen molar-refractivity contribution in [3.8, 4) is 17.6 Å². The van der Waals surface area contributed by atoms with Crippen LogP contribution in [0.2, 0.25) is 0 Å². The third kappa shape index (κ3) is 5.46. The molecule has 1 aromatic rings. The molecule has 108 valence electrons. The van der Waals surface area contributed by atoms with E-state index in [1.54, 1.807) is 0 Å². The molecule has 0 atom stereocenters. The third-order valence-corrected chi connectivity index (χ3v) is 4.05. The van der Waals surface area contributed by atoms with Gasteiger partial charge in [-0.05, 0) is 24.3 Å². The average molecular weight is 291 g/mol. The van der Waals surface area contributed by atoms with Crippen molar-refractivity contribution in [1.29, 1.82) is 0 Å². The summed E-state index contributed by atoms with van der Waals surface area (Å²) in [7, 11) is 0. The van der Waals surface area contributed by atoms with Gasteiger partial charge in [0, 0.05) is 43.1 Å². The highest BCUT2D eigenvalue weighted by molar-refractivity contribution is 7.99. The molecule has 1 N–H and O–H groups in total. The second-order valence-electron chi connectivity index (χ2n) is 4.60. The van der Waals surface area contributed by atoms with Crippen molar-refractivity contribution < 1.29 is 9.84 Å². The minimum atomic E-state index is 0.114. The fourth-order valence-corrected chi connectivity index (χ4v) is 2.95. The van der Waals surface area contributed by atoms with E-state index in [0.29, 0.717) is 6.42 Å². The quantitative estimate of drug-likeness (QED) is 0.839. The molecule has 0 unspecified atom stereocenters. The molecule has 0 aliphatic carbocycles. The number of benzene rings is 1. The molecule has 1 aliphatic rings. The molecule has 4 heteroatoms. The standard InChI is InChI=1S/C16H21NO2S/c18-11-2-1-3-15-4-6-16(7-5-15)19-12-8-17-9-13-20-14-10-17/h4-7,18H,2,8-14H2. The van der Waals surface area contributed by atoms with Gasteiger partial charge in [0.25, 0.3) is 0 Å². The molecule has 1 aromatic carbocycles. The first-order valence-electron chi connectivity index (χ1n) is 7.01. The van der Waals surface area contributed by atoms with Gasteiger partial charge in [-0.1, -0.05) is 11.8 Å². The highest BCUT2D eigenvalue weighted by Gasteiger charge is 2.09. The molecule has 0 amide bonds. The van der Waals surface area contributed by atoms with Crippen molar-refractivity contribution >= 4 is 11.8 Å². The molecule has 2 rings (SSSR count). The van der Waals surface area contributed by atoms with Gasteiger partial charge in [-0.3, -0.25) is 4.90 Å². The first-order chi connectivity index (χ1) is 9.88. The molecule has 0 radical (unpaired) electrons. The summed E-state index contributed by atoms with van der Waals surface area (Å²) in [6.07, 6.45) is 0.520. The molecular weight excluding hydrogens is 270 g/mol. The molecule has 20 heavy (non-hydrogen) atoms. The summed E-state index contributed by atoms with van der Waals surface area (Å²) in [4.78, 5) is 2.45. The molecule has 0 saturated carbocycles. The Balaban J connectivity index is 1.72. The summed E-state index contributed by atoms with van der Waals surface area (Å²) in [6, 6.07) is 7.82. The maximum atomic E-state index is 8.67. The summed E-state index contributed by atoms with van der Waals surface area (Å²) < 4.78 is 5.75. The lowest BCUT2D eigenvalue weighted by atomic mass is 10.2. The van der Waals surface area contributed by atoms with Crippen molar-refractivity contribution in [3.05, 3.63) is 29.8 Å². The lowest BCUT2D eigenvalue weighted by Gasteiger charge is -2.25. The number of thioether (sulfide) groups is 1. The fourth-order valence-electron chi connectivity index (χ4n) is 1.97. The minimum absolute atomic E-state index is 0.114. The first kappa shape index (κ1) is 15.2. The van der Waals surface area contributed by atoms with Gasteiger partial charge in [0.05, 0.1) is 6.61 Å². The third-order valence-electron chi connectivity index (χ3n) is 3.10. The van der Waals surface area contributed by atoms with E-state index in [1.165, 1.54) is 24.6 Å². The van der Waals surface area contributed by atoms with Gasteiger partial charge in [0.15, 0.2) is 0 Å². The van der Waals surface area contributed by atoms with Crippen LogP contribution in [0.15, 0.2) is 24.3 Å². The Morgan fingerprint density at radius 1 is 1.20 bits per heavy atom. The van der Waals surface area contributed by atoms with E-state index < -0.39 is 0 Å². The summed E-state index contributed by atoms with van der Waals surface area (Å²) in [5.74, 6) is 9.28. The van der Waals surface area contributed by atoms with E-state index in [1.807, 2.05) is 36.0 Å². The van der Waals surface area contributed by atoms with Crippen molar-refractivity contribution in [3.63, 3.8) is 0 Å². The van der Waals surface area contributed by atoms with Crippen LogP contribution < -0.4 is 4.74 Å². The molecule has 1 aliphatic heterocycles. The highest BCUT2D eigenvalue weighted by atomic mass is 32.2. The SMILES string of the molecule is OCCC#Cc1ccc(OCCN2CCSCC2)cc1. The monoisotopic (exact) mass is 291 g/mol. The first-order valence-corrected chi connectivity index (χ1v) is 8.16. The Morgan fingerprint density at radius 2 is 1.95 bits per heavy atom. The molecule has 0 spiro atoms. The Morgan fingerprint density at radius 3 is 2.65 bits per heavy atom. The Hall–Kier alpha value is -1.15. The Kier molecular flexibility index (Phi) is 6.79. The zero-order valence-corrected chi connectivity index (χ0v) is 12.5. The van der Waals surface area contributed by atoms with Crippen LogP contribution >= 0.6 is 11.8 Å². The van der Waals surface area contributed by atoms with Gasteiger partial charge >= 0.3 is 0 Å². The number of ether oxygens (including phenoxy) is 1. The largest absolute Gasteiger partial charge is 0.492 e. The van der Waals surface area contributed by atoms with Crippen molar-refractivity contribution in [1.82, 2.24) is 4.90 Å². The van der Waals surface area contributed by atoms with Crippen LogP contribution in [0.1, 0.15) is 12.0 Å². The van der Waals surface area contributed by atoms with E-state index >= 15 is 0 Å². The molecule has 3 nitrogen and oxygen atoms in total. The normalized spacial score (nSPS) is 15.4. The van der Waals surface area contributed by atoms with Crippen LogP contribution in [0.5, 0.6) is 5.75 Å². The number of nitrogens with zero attached hydrogens (tertiary/aromatic N) is 1. The lowest BCUT2D eigenvalue weighted by Crippen LogP contribution is -2.35. The summed E-state index contributed by atoms with van der Waals surface area (Å²) in [5, 5.41) is 8.67. The van der Waals surface area contributed by atoms with Crippen LogP contribution in [-0.2, 0) is 0 Å². The summed E-state index contributed by atoms with van der Waals surface area (Å²) in [6.45, 7) is 4.20. The van der Waals surface area contributed by atoms with Crippen molar-refractivity contribution in [2.45, 2.75) is 6.42 Å². The van der Waals surface area contributed by atoms with Crippen LogP contribution in [0.25, 0.3) is 0 Å². The second kappa shape index (κ2) is 8.91. The maximum absolute atomic E-state index is 8.67. The molecule has 1 saturated heterocycles. The van der Waals surface area contributed by atoms with Gasteiger partial charge in [-0.25, -0.2) is 0 Å². The van der Waals surface area contributed by atoms with Crippen LogP contribution in [0.4, 0.5) is 0 Å². The van der Waals surface area contributed by atoms with E-state index in [2.05, 4.69) is 16.7 Å². The van der Waals surface area contributed by atoms with Gasteiger partial charge in [-0.15, -0.1) is 0 Å². The predicted molar refractivity (Wildman–Crippen MR) is 84.3 cm³/mol. The van der Waals surface area contributed by atoms with E-state index in [4.69, 9.17) is 9.84 Å². The van der Waals surface area contributed by atoms with Crippen LogP contribution in [0, 0.1) is 11.8 Å². The van der Waals surface area contributed by atoms with Gasteiger partial charge in [0.2, 0.25) is 0 Å². The number of rotatable bonds is 5. The number of hydrogen-bond acceptors (Lipinski definition) is 4. The van der Waals surface area contributed by atoms with Gasteiger partial charge in [0.1, 0.15) is 12.4 Å². The van der Waals surface area contributed by atoms with E-state index in [9.17, 15) is 0 Å². The molecule has 0 aromatic heterocycles. The molecular formula is C16H21NO2S. The zero-order valence-electron chi connectivity index (χ0n) is 11.7. The predicted octanol–water partition coefficient (Wildman–Crippen LogP) is 1.85. The Labute approximate surface area is 125 Å². The average Bonchev–Trinajstić information content (AvgIpc) is 2.50. The van der Waals surface area contributed by atoms with Gasteiger partial charge in [-0.2, -0.15) is 11.8 Å². The number of aliphatic hydroxyl groups excluding tert-OH is 1. The van der Waals surface area contributed by atoms with Crippen molar-refractivity contribution in [2.24, 2.45) is 0 Å². The fraction of sp³-hybridized carbons (Fsp3) is 0.500. The molecule has 1 heterocycles. The Bertz CT molecular complexity index is 444. The summed E-state index contributed by atoms with van der Waals surface area (Å²) >= 11 is 2.03. The van der Waals surface area contributed by atoms with Crippen molar-refractivity contribution in [2.75, 3.05) is 44.4 Å². The number of aliphatic hydroxyl groups is 1. The summed E-state index contributed by atoms with van der Waals surface area (Å²) in [5.41, 5.74) is 0.957. The second-order valence-corrected chi connectivity index (χ2v) is 5.83. The highest BCUT2D eigenvalue weighted by Crippen LogP contribution is 2.12. The molecule has 1 fully saturated rings. The maximum Gasteiger partial charge on any atom is 0.119 e. The minimum Gasteiger partial charge on any atom is -0.492 e. The van der Waals surface area contributed by atoms with E-state index in [0.717, 1.165) is 24.5 Å². The van der Waals surface area contributed by atoms with E-state index in [-0.39, 0.29) is 6.61 Å². The smallest absolute Gasteiger partial charge is 0.119 e. The topological polar surface area (TPSA) is 32.7 Å².